The smallest absolute Gasteiger partial charge is 0.338 e. The summed E-state index contributed by atoms with van der Waals surface area (Å²) in [6.07, 6.45) is 1.67. The highest BCUT2D eigenvalue weighted by Gasteiger charge is 2.09. The fourth-order valence-corrected chi connectivity index (χ4v) is 2.03. The average Bonchev–Trinajstić information content (AvgIpc) is 2.51. The first kappa shape index (κ1) is 14.9. The second kappa shape index (κ2) is 7.33. The van der Waals surface area contributed by atoms with Crippen molar-refractivity contribution < 1.29 is 14.3 Å². The van der Waals surface area contributed by atoms with Crippen molar-refractivity contribution in [3.63, 3.8) is 0 Å². The van der Waals surface area contributed by atoms with Gasteiger partial charge in [0.1, 0.15) is 5.75 Å². The van der Waals surface area contributed by atoms with E-state index in [1.165, 1.54) is 12.7 Å². The van der Waals surface area contributed by atoms with Gasteiger partial charge in [-0.05, 0) is 30.5 Å². The Bertz CT molecular complexity index is 596. The van der Waals surface area contributed by atoms with Crippen LogP contribution in [0.4, 0.5) is 5.69 Å². The summed E-state index contributed by atoms with van der Waals surface area (Å²) in [5.74, 6) is 0.167. The molecule has 2 aromatic carbocycles. The van der Waals surface area contributed by atoms with Gasteiger partial charge in [-0.3, -0.25) is 0 Å². The van der Waals surface area contributed by atoms with E-state index in [9.17, 15) is 4.79 Å². The predicted octanol–water partition coefficient (Wildman–Crippen LogP) is 3.07. The summed E-state index contributed by atoms with van der Waals surface area (Å²) in [7, 11) is 1.53. The van der Waals surface area contributed by atoms with Gasteiger partial charge in [0.05, 0.1) is 19.3 Å². The van der Waals surface area contributed by atoms with E-state index in [-0.39, 0.29) is 5.97 Å². The minimum atomic E-state index is -0.381. The molecule has 4 heteroatoms. The Labute approximate surface area is 124 Å². The molecular formula is C17H19NO3. The maximum absolute atomic E-state index is 11.9. The second-order valence-corrected chi connectivity index (χ2v) is 4.72. The molecule has 0 saturated carbocycles. The number of nitrogens with two attached hydrogens (primary N) is 1. The number of ether oxygens (including phenoxy) is 2. The number of carbonyl (C=O) groups excluding carboxylic acids is 1. The van der Waals surface area contributed by atoms with Crippen LogP contribution in [-0.2, 0) is 11.2 Å². The number of anilines is 1. The van der Waals surface area contributed by atoms with Crippen molar-refractivity contribution in [2.75, 3.05) is 19.5 Å². The monoisotopic (exact) mass is 285 g/mol. The van der Waals surface area contributed by atoms with Crippen LogP contribution in [0.5, 0.6) is 5.75 Å². The normalized spacial score (nSPS) is 10.1. The molecule has 0 saturated heterocycles. The molecule has 0 aliphatic carbocycles. The van der Waals surface area contributed by atoms with Crippen molar-refractivity contribution in [1.82, 2.24) is 0 Å². The molecule has 4 nitrogen and oxygen atoms in total. The summed E-state index contributed by atoms with van der Waals surface area (Å²) in [4.78, 5) is 11.9. The lowest BCUT2D eigenvalue weighted by Gasteiger charge is -2.07. The Morgan fingerprint density at radius 1 is 1.14 bits per heavy atom. The molecule has 0 aromatic heterocycles. The van der Waals surface area contributed by atoms with E-state index < -0.39 is 0 Å². The van der Waals surface area contributed by atoms with E-state index in [1.54, 1.807) is 18.2 Å². The van der Waals surface area contributed by atoms with E-state index in [0.29, 0.717) is 23.6 Å². The minimum absolute atomic E-state index is 0.380. The SMILES string of the molecule is COc1cc(N)cc(C(=O)OCCCc2ccccc2)c1. The van der Waals surface area contributed by atoms with Crippen molar-refractivity contribution >= 4 is 11.7 Å². The molecule has 0 aliphatic heterocycles. The maximum atomic E-state index is 11.9. The minimum Gasteiger partial charge on any atom is -0.497 e. The maximum Gasteiger partial charge on any atom is 0.338 e. The van der Waals surface area contributed by atoms with Crippen LogP contribution in [-0.4, -0.2) is 19.7 Å². The lowest BCUT2D eigenvalue weighted by Crippen LogP contribution is -2.08. The summed E-state index contributed by atoms with van der Waals surface area (Å²) in [5, 5.41) is 0. The summed E-state index contributed by atoms with van der Waals surface area (Å²) in [6, 6.07) is 15.0. The van der Waals surface area contributed by atoms with E-state index in [0.717, 1.165) is 12.8 Å². The van der Waals surface area contributed by atoms with Crippen LogP contribution in [0.2, 0.25) is 0 Å². The fraction of sp³-hybridized carbons (Fsp3) is 0.235. The molecule has 0 radical (unpaired) electrons. The number of benzene rings is 2. The number of rotatable bonds is 6. The third kappa shape index (κ3) is 4.53. The van der Waals surface area contributed by atoms with Gasteiger partial charge in [0.25, 0.3) is 0 Å². The molecule has 2 N–H and O–H groups in total. The highest BCUT2D eigenvalue weighted by molar-refractivity contribution is 5.91. The second-order valence-electron chi connectivity index (χ2n) is 4.72. The zero-order valence-electron chi connectivity index (χ0n) is 12.0. The largest absolute Gasteiger partial charge is 0.497 e. The third-order valence-corrected chi connectivity index (χ3v) is 3.09. The Morgan fingerprint density at radius 3 is 2.62 bits per heavy atom. The Morgan fingerprint density at radius 2 is 1.90 bits per heavy atom. The first-order valence-electron chi connectivity index (χ1n) is 6.84. The van der Waals surface area contributed by atoms with E-state index in [2.05, 4.69) is 12.1 Å². The number of nitrogen functional groups attached to an aromatic ring is 1. The van der Waals surface area contributed by atoms with Crippen LogP contribution in [0.3, 0.4) is 0 Å². The first-order valence-corrected chi connectivity index (χ1v) is 6.84. The van der Waals surface area contributed by atoms with Gasteiger partial charge in [0, 0.05) is 11.8 Å². The van der Waals surface area contributed by atoms with E-state index >= 15 is 0 Å². The lowest BCUT2D eigenvalue weighted by molar-refractivity contribution is 0.0500. The Balaban J connectivity index is 1.83. The average molecular weight is 285 g/mol. The molecule has 0 unspecified atom stereocenters. The predicted molar refractivity (Wildman–Crippen MR) is 82.5 cm³/mol. The van der Waals surface area contributed by atoms with Gasteiger partial charge in [-0.25, -0.2) is 4.79 Å². The van der Waals surface area contributed by atoms with Crippen LogP contribution < -0.4 is 10.5 Å². The van der Waals surface area contributed by atoms with Crippen molar-refractivity contribution in [2.45, 2.75) is 12.8 Å². The number of carbonyl (C=O) groups is 1. The molecule has 0 spiro atoms. The molecule has 2 aromatic rings. The molecule has 0 bridgehead atoms. The topological polar surface area (TPSA) is 61.5 Å². The molecule has 110 valence electrons. The molecule has 2 rings (SSSR count). The summed E-state index contributed by atoms with van der Waals surface area (Å²) >= 11 is 0. The molecule has 0 amide bonds. The molecular weight excluding hydrogens is 266 g/mol. The Kier molecular flexibility index (Phi) is 5.21. The summed E-state index contributed by atoms with van der Waals surface area (Å²) in [5.41, 5.74) is 7.84. The van der Waals surface area contributed by atoms with E-state index in [4.69, 9.17) is 15.2 Å². The molecule has 0 atom stereocenters. The summed E-state index contributed by atoms with van der Waals surface area (Å²) in [6.45, 7) is 0.380. The number of aryl methyl sites for hydroxylation is 1. The third-order valence-electron chi connectivity index (χ3n) is 3.09. The van der Waals surface area contributed by atoms with Crippen molar-refractivity contribution in [3.05, 3.63) is 59.7 Å². The van der Waals surface area contributed by atoms with Gasteiger partial charge in [-0.1, -0.05) is 30.3 Å². The van der Waals surface area contributed by atoms with Crippen molar-refractivity contribution in [2.24, 2.45) is 0 Å². The van der Waals surface area contributed by atoms with Gasteiger partial charge in [0.2, 0.25) is 0 Å². The fourth-order valence-electron chi connectivity index (χ4n) is 2.03. The van der Waals surface area contributed by atoms with Crippen LogP contribution in [0.1, 0.15) is 22.3 Å². The zero-order chi connectivity index (χ0) is 15.1. The summed E-state index contributed by atoms with van der Waals surface area (Å²) < 4.78 is 10.3. The molecule has 21 heavy (non-hydrogen) atoms. The van der Waals surface area contributed by atoms with Gasteiger partial charge in [0.15, 0.2) is 0 Å². The highest BCUT2D eigenvalue weighted by Crippen LogP contribution is 2.19. The first-order chi connectivity index (χ1) is 10.2. The quantitative estimate of drug-likeness (QED) is 0.503. The number of methoxy groups -OCH3 is 1. The van der Waals surface area contributed by atoms with Crippen LogP contribution in [0.25, 0.3) is 0 Å². The number of hydrogen-bond donors (Lipinski definition) is 1. The number of esters is 1. The van der Waals surface area contributed by atoms with Gasteiger partial charge in [-0.15, -0.1) is 0 Å². The Hall–Kier alpha value is -2.49. The molecule has 0 aliphatic rings. The van der Waals surface area contributed by atoms with Gasteiger partial charge >= 0.3 is 5.97 Å². The van der Waals surface area contributed by atoms with E-state index in [1.807, 2.05) is 18.2 Å². The van der Waals surface area contributed by atoms with Crippen molar-refractivity contribution in [1.29, 1.82) is 0 Å². The van der Waals surface area contributed by atoms with Crippen LogP contribution >= 0.6 is 0 Å². The zero-order valence-corrected chi connectivity index (χ0v) is 12.0. The van der Waals surface area contributed by atoms with Crippen molar-refractivity contribution in [3.8, 4) is 5.75 Å². The lowest BCUT2D eigenvalue weighted by atomic mass is 10.1. The van der Waals surface area contributed by atoms with Gasteiger partial charge < -0.3 is 15.2 Å². The van der Waals surface area contributed by atoms with Crippen LogP contribution in [0, 0.1) is 0 Å². The number of hydrogen-bond acceptors (Lipinski definition) is 4. The standard InChI is InChI=1S/C17H19NO3/c1-20-16-11-14(10-15(18)12-16)17(19)21-9-5-8-13-6-3-2-4-7-13/h2-4,6-7,10-12H,5,8-9,18H2,1H3. The molecule has 0 fully saturated rings. The van der Waals surface area contributed by atoms with Crippen LogP contribution in [0.15, 0.2) is 48.5 Å². The van der Waals surface area contributed by atoms with Gasteiger partial charge in [-0.2, -0.15) is 0 Å². The highest BCUT2D eigenvalue weighted by atomic mass is 16.5. The molecule has 0 heterocycles.